The maximum Gasteiger partial charge on any atom is 0.490 e. The van der Waals surface area contributed by atoms with Crippen LogP contribution in [0.15, 0.2) is 24.5 Å². The number of aliphatic hydroxyl groups is 1. The fraction of sp³-hybridized carbons (Fsp3) is 0.385. The number of nitrogens with zero attached hydrogens (tertiary/aromatic N) is 4. The van der Waals surface area contributed by atoms with Gasteiger partial charge in [-0.1, -0.05) is 17.1 Å². The summed E-state index contributed by atoms with van der Waals surface area (Å²) in [4.78, 5) is 13.3. The third-order valence-electron chi connectivity index (χ3n) is 2.86. The van der Waals surface area contributed by atoms with E-state index in [0.717, 1.165) is 11.1 Å². The lowest BCUT2D eigenvalue weighted by Gasteiger charge is -2.13. The lowest BCUT2D eigenvalue weighted by molar-refractivity contribution is -0.394. The summed E-state index contributed by atoms with van der Waals surface area (Å²) in [7, 11) is 0. The maximum absolute atomic E-state index is 10.5. The van der Waals surface area contributed by atoms with E-state index >= 15 is 0 Å². The smallest absolute Gasteiger partial charge is 0.490 e. The third-order valence-corrected chi connectivity index (χ3v) is 2.86. The summed E-state index contributed by atoms with van der Waals surface area (Å²) in [5, 5.41) is 24.0. The van der Waals surface area contributed by atoms with Crippen molar-refractivity contribution in [2.45, 2.75) is 26.5 Å². The molecule has 0 radical (unpaired) electrons. The van der Waals surface area contributed by atoms with Crippen molar-refractivity contribution in [1.82, 2.24) is 14.8 Å². The van der Waals surface area contributed by atoms with Gasteiger partial charge in [0.1, 0.15) is 18.5 Å². The van der Waals surface area contributed by atoms with Crippen LogP contribution >= 0.6 is 0 Å². The van der Waals surface area contributed by atoms with Gasteiger partial charge in [0.2, 0.25) is 6.33 Å². The number of nitro groups is 1. The standard InChI is InChI=1S/C13H16N4O4/c1-9-3-4-10(2)12(5-9)21-7-11(18)6-16-8-14-13(15-16)17(19)20/h3-5,8,11,18H,6-7H2,1-2H3. The van der Waals surface area contributed by atoms with Gasteiger partial charge in [-0.3, -0.25) is 0 Å². The zero-order chi connectivity index (χ0) is 15.4. The van der Waals surface area contributed by atoms with Crippen LogP contribution in [0.4, 0.5) is 5.95 Å². The normalized spacial score (nSPS) is 12.1. The molecule has 2 rings (SSSR count). The van der Waals surface area contributed by atoms with Gasteiger partial charge in [-0.05, 0) is 36.0 Å². The number of rotatable bonds is 6. The highest BCUT2D eigenvalue weighted by Gasteiger charge is 2.16. The van der Waals surface area contributed by atoms with Crippen LogP contribution in [0.1, 0.15) is 11.1 Å². The van der Waals surface area contributed by atoms with Crippen molar-refractivity contribution in [1.29, 1.82) is 0 Å². The van der Waals surface area contributed by atoms with Crippen LogP contribution in [0.3, 0.4) is 0 Å². The molecule has 1 N–H and O–H groups in total. The Bertz CT molecular complexity index is 641. The molecule has 0 amide bonds. The van der Waals surface area contributed by atoms with Crippen LogP contribution < -0.4 is 4.74 Å². The van der Waals surface area contributed by atoms with Crippen LogP contribution in [0.25, 0.3) is 0 Å². The Balaban J connectivity index is 1.90. The van der Waals surface area contributed by atoms with E-state index in [9.17, 15) is 15.2 Å². The van der Waals surface area contributed by atoms with Gasteiger partial charge in [-0.25, -0.2) is 0 Å². The zero-order valence-corrected chi connectivity index (χ0v) is 11.8. The Hall–Kier alpha value is -2.48. The summed E-state index contributed by atoms with van der Waals surface area (Å²) in [6.45, 7) is 4.02. The molecule has 0 saturated heterocycles. The second kappa shape index (κ2) is 6.31. The molecular weight excluding hydrogens is 276 g/mol. The van der Waals surface area contributed by atoms with Gasteiger partial charge < -0.3 is 20.0 Å². The van der Waals surface area contributed by atoms with Gasteiger partial charge in [0.05, 0.1) is 6.54 Å². The van der Waals surface area contributed by atoms with Gasteiger partial charge in [-0.2, -0.15) is 4.68 Å². The molecule has 0 saturated carbocycles. The second-order valence-electron chi connectivity index (χ2n) is 4.76. The van der Waals surface area contributed by atoms with Crippen LogP contribution in [-0.2, 0) is 6.54 Å². The second-order valence-corrected chi connectivity index (χ2v) is 4.76. The minimum absolute atomic E-state index is 0.0674. The molecular formula is C13H16N4O4. The van der Waals surface area contributed by atoms with Gasteiger partial charge in [0, 0.05) is 5.10 Å². The minimum atomic E-state index is -0.841. The number of ether oxygens (including phenoxy) is 1. The number of aromatic nitrogens is 3. The summed E-state index contributed by atoms with van der Waals surface area (Å²) in [6, 6.07) is 5.81. The topological polar surface area (TPSA) is 103 Å². The molecule has 0 fully saturated rings. The molecule has 0 aliphatic rings. The number of hydrogen-bond acceptors (Lipinski definition) is 6. The Labute approximate surface area is 121 Å². The van der Waals surface area contributed by atoms with E-state index in [1.54, 1.807) is 0 Å². The lowest BCUT2D eigenvalue weighted by atomic mass is 10.1. The molecule has 2 aromatic rings. The number of aryl methyl sites for hydroxylation is 2. The summed E-state index contributed by atoms with van der Waals surface area (Å²) >= 11 is 0. The molecule has 0 bridgehead atoms. The van der Waals surface area contributed by atoms with Crippen molar-refractivity contribution in [3.63, 3.8) is 0 Å². The zero-order valence-electron chi connectivity index (χ0n) is 11.8. The molecule has 112 valence electrons. The van der Waals surface area contributed by atoms with Gasteiger partial charge in [0.25, 0.3) is 0 Å². The highest BCUT2D eigenvalue weighted by atomic mass is 16.6. The molecule has 1 heterocycles. The van der Waals surface area contributed by atoms with E-state index in [-0.39, 0.29) is 13.2 Å². The fourth-order valence-electron chi connectivity index (χ4n) is 1.77. The van der Waals surface area contributed by atoms with Crippen molar-refractivity contribution in [3.8, 4) is 5.75 Å². The van der Waals surface area contributed by atoms with Crippen molar-refractivity contribution < 1.29 is 14.8 Å². The van der Waals surface area contributed by atoms with Crippen molar-refractivity contribution in [2.75, 3.05) is 6.61 Å². The Morgan fingerprint density at radius 2 is 2.24 bits per heavy atom. The van der Waals surface area contributed by atoms with E-state index in [1.807, 2.05) is 32.0 Å². The highest BCUT2D eigenvalue weighted by Crippen LogP contribution is 2.19. The summed E-state index contributed by atoms with van der Waals surface area (Å²) in [6.07, 6.45) is 0.366. The Kier molecular flexibility index (Phi) is 4.49. The molecule has 21 heavy (non-hydrogen) atoms. The van der Waals surface area contributed by atoms with Crippen molar-refractivity contribution >= 4 is 5.95 Å². The largest absolute Gasteiger partial charge is 0.491 e. The van der Waals surface area contributed by atoms with Crippen LogP contribution in [0.2, 0.25) is 0 Å². The predicted octanol–water partition coefficient (Wildman–Crippen LogP) is 1.24. The summed E-state index contributed by atoms with van der Waals surface area (Å²) in [5.74, 6) is 0.219. The van der Waals surface area contributed by atoms with E-state index < -0.39 is 17.0 Å². The quantitative estimate of drug-likeness (QED) is 0.634. The van der Waals surface area contributed by atoms with Crippen LogP contribution in [-0.4, -0.2) is 37.5 Å². The first-order valence-electron chi connectivity index (χ1n) is 6.37. The van der Waals surface area contributed by atoms with E-state index in [1.165, 1.54) is 11.0 Å². The molecule has 0 spiro atoms. The monoisotopic (exact) mass is 292 g/mol. The predicted molar refractivity (Wildman–Crippen MR) is 74.1 cm³/mol. The average Bonchev–Trinajstić information content (AvgIpc) is 2.88. The maximum atomic E-state index is 10.5. The van der Waals surface area contributed by atoms with Crippen LogP contribution in [0, 0.1) is 24.0 Å². The first kappa shape index (κ1) is 14.9. The molecule has 8 heteroatoms. The van der Waals surface area contributed by atoms with Gasteiger partial charge >= 0.3 is 5.95 Å². The fourth-order valence-corrected chi connectivity index (χ4v) is 1.77. The van der Waals surface area contributed by atoms with Crippen LogP contribution in [0.5, 0.6) is 5.75 Å². The molecule has 1 unspecified atom stereocenters. The summed E-state index contributed by atoms with van der Waals surface area (Å²) < 4.78 is 6.78. The highest BCUT2D eigenvalue weighted by molar-refractivity contribution is 5.35. The Morgan fingerprint density at radius 1 is 1.48 bits per heavy atom. The lowest BCUT2D eigenvalue weighted by Crippen LogP contribution is -2.24. The minimum Gasteiger partial charge on any atom is -0.491 e. The number of benzene rings is 1. The third kappa shape index (κ3) is 3.99. The molecule has 1 atom stereocenters. The first-order chi connectivity index (χ1) is 9.95. The number of aliphatic hydroxyl groups excluding tert-OH is 1. The van der Waals surface area contributed by atoms with Crippen molar-refractivity contribution in [3.05, 3.63) is 45.8 Å². The molecule has 8 nitrogen and oxygen atoms in total. The van der Waals surface area contributed by atoms with Crippen molar-refractivity contribution in [2.24, 2.45) is 0 Å². The van der Waals surface area contributed by atoms with Gasteiger partial charge in [0.15, 0.2) is 0 Å². The Morgan fingerprint density at radius 3 is 2.90 bits per heavy atom. The molecule has 0 aliphatic heterocycles. The average molecular weight is 292 g/mol. The SMILES string of the molecule is Cc1ccc(C)c(OCC(O)Cn2cnc([N+](=O)[O-])n2)c1. The number of hydrogen-bond donors (Lipinski definition) is 1. The van der Waals surface area contributed by atoms with E-state index in [0.29, 0.717) is 5.75 Å². The molecule has 0 aliphatic carbocycles. The molecule has 1 aromatic carbocycles. The first-order valence-corrected chi connectivity index (χ1v) is 6.37. The van der Waals surface area contributed by atoms with Gasteiger partial charge in [-0.15, -0.1) is 0 Å². The molecule has 1 aromatic heterocycles. The van der Waals surface area contributed by atoms with E-state index in [4.69, 9.17) is 4.74 Å². The summed E-state index contributed by atoms with van der Waals surface area (Å²) in [5.41, 5.74) is 2.04. The van der Waals surface area contributed by atoms with E-state index in [2.05, 4.69) is 10.1 Å².